The number of benzene rings is 2. The second kappa shape index (κ2) is 7.38. The lowest BCUT2D eigenvalue weighted by atomic mass is 10.0. The van der Waals surface area contributed by atoms with Gasteiger partial charge in [-0.15, -0.1) is 0 Å². The Morgan fingerprint density at radius 1 is 1.04 bits per heavy atom. The number of anilines is 1. The molecule has 0 bridgehead atoms. The third-order valence-electron chi connectivity index (χ3n) is 3.66. The number of aryl methyl sites for hydroxylation is 2. The van der Waals surface area contributed by atoms with Gasteiger partial charge in [0.05, 0.1) is 20.6 Å². The van der Waals surface area contributed by atoms with E-state index in [1.54, 1.807) is 26.4 Å². The minimum Gasteiger partial charge on any atom is -0.493 e. The first kappa shape index (κ1) is 17.2. The predicted octanol–water partition coefficient (Wildman–Crippen LogP) is 4.16. The van der Waals surface area contributed by atoms with E-state index in [-0.39, 0.29) is 12.3 Å². The fourth-order valence-corrected chi connectivity index (χ4v) is 2.57. The average Bonchev–Trinajstić information content (AvgIpc) is 2.51. The lowest BCUT2D eigenvalue weighted by molar-refractivity contribution is -0.115. The Kier molecular flexibility index (Phi) is 5.50. The van der Waals surface area contributed by atoms with Gasteiger partial charge in [-0.05, 0) is 60.9 Å². The van der Waals surface area contributed by atoms with E-state index in [0.717, 1.165) is 22.4 Å². The molecule has 0 radical (unpaired) electrons. The predicted molar refractivity (Wildman–Crippen MR) is 92.8 cm³/mol. The smallest absolute Gasteiger partial charge is 0.228 e. The highest BCUT2D eigenvalue weighted by Crippen LogP contribution is 2.30. The molecule has 4 nitrogen and oxygen atoms in total. The van der Waals surface area contributed by atoms with Crippen LogP contribution in [0, 0.1) is 13.8 Å². The van der Waals surface area contributed by atoms with Crippen molar-refractivity contribution in [2.24, 2.45) is 0 Å². The normalized spacial score (nSPS) is 10.3. The van der Waals surface area contributed by atoms with Crippen LogP contribution in [0.3, 0.4) is 0 Å². The Morgan fingerprint density at radius 3 is 2.30 bits per heavy atom. The monoisotopic (exact) mass is 333 g/mol. The maximum Gasteiger partial charge on any atom is 0.228 e. The Bertz CT molecular complexity index is 728. The molecule has 5 heteroatoms. The molecule has 0 fully saturated rings. The second-order valence-corrected chi connectivity index (χ2v) is 5.75. The molecule has 2 aromatic carbocycles. The summed E-state index contributed by atoms with van der Waals surface area (Å²) in [6.07, 6.45) is 0.258. The van der Waals surface area contributed by atoms with Crippen molar-refractivity contribution in [1.82, 2.24) is 0 Å². The summed E-state index contributed by atoms with van der Waals surface area (Å²) in [5.41, 5.74) is 3.56. The van der Waals surface area contributed by atoms with Crippen molar-refractivity contribution in [3.05, 3.63) is 52.0 Å². The summed E-state index contributed by atoms with van der Waals surface area (Å²) in [6.45, 7) is 3.85. The van der Waals surface area contributed by atoms with E-state index in [9.17, 15) is 4.79 Å². The van der Waals surface area contributed by atoms with E-state index < -0.39 is 0 Å². The zero-order valence-corrected chi connectivity index (χ0v) is 14.5. The van der Waals surface area contributed by atoms with Gasteiger partial charge in [-0.2, -0.15) is 0 Å². The molecular formula is C18H20ClNO3. The summed E-state index contributed by atoms with van der Waals surface area (Å²) in [4.78, 5) is 12.3. The number of hydrogen-bond acceptors (Lipinski definition) is 3. The highest BCUT2D eigenvalue weighted by atomic mass is 35.5. The van der Waals surface area contributed by atoms with E-state index in [4.69, 9.17) is 21.1 Å². The van der Waals surface area contributed by atoms with Crippen molar-refractivity contribution in [3.63, 3.8) is 0 Å². The minimum absolute atomic E-state index is 0.0919. The molecule has 0 saturated carbocycles. The Morgan fingerprint density at radius 2 is 1.70 bits per heavy atom. The molecular weight excluding hydrogens is 314 g/mol. The molecule has 122 valence electrons. The summed E-state index contributed by atoms with van der Waals surface area (Å²) in [7, 11) is 3.17. The topological polar surface area (TPSA) is 47.6 Å². The summed E-state index contributed by atoms with van der Waals surface area (Å²) >= 11 is 5.93. The fourth-order valence-electron chi connectivity index (χ4n) is 2.35. The maximum absolute atomic E-state index is 12.3. The van der Waals surface area contributed by atoms with Gasteiger partial charge < -0.3 is 14.8 Å². The summed E-state index contributed by atoms with van der Waals surface area (Å²) in [5, 5.41) is 3.56. The lowest BCUT2D eigenvalue weighted by Crippen LogP contribution is -2.16. The number of rotatable bonds is 5. The van der Waals surface area contributed by atoms with E-state index in [1.807, 2.05) is 32.0 Å². The quantitative estimate of drug-likeness (QED) is 0.894. The Balaban J connectivity index is 2.17. The van der Waals surface area contributed by atoms with Crippen LogP contribution in [0.2, 0.25) is 5.02 Å². The van der Waals surface area contributed by atoms with Gasteiger partial charge in [-0.1, -0.05) is 11.6 Å². The fraction of sp³-hybridized carbons (Fsp3) is 0.278. The van der Waals surface area contributed by atoms with Crippen LogP contribution in [-0.2, 0) is 11.2 Å². The van der Waals surface area contributed by atoms with E-state index in [0.29, 0.717) is 16.5 Å². The summed E-state index contributed by atoms with van der Waals surface area (Å²) in [5.74, 6) is 1.18. The molecule has 2 aromatic rings. The largest absolute Gasteiger partial charge is 0.493 e. The highest BCUT2D eigenvalue weighted by Gasteiger charge is 2.12. The summed E-state index contributed by atoms with van der Waals surface area (Å²) < 4.78 is 10.6. The highest BCUT2D eigenvalue weighted by molar-refractivity contribution is 6.30. The third kappa shape index (κ3) is 4.17. The van der Waals surface area contributed by atoms with Crippen molar-refractivity contribution in [3.8, 4) is 11.5 Å². The third-order valence-corrected chi connectivity index (χ3v) is 3.89. The first-order valence-electron chi connectivity index (χ1n) is 7.22. The van der Waals surface area contributed by atoms with Gasteiger partial charge in [0.1, 0.15) is 0 Å². The van der Waals surface area contributed by atoms with Crippen LogP contribution >= 0.6 is 11.6 Å². The number of amides is 1. The standard InChI is InChI=1S/C18H20ClNO3/c1-11-8-16(22-3)17(23-4)9-13(11)10-18(21)20-15-6-5-14(19)7-12(15)2/h5-9H,10H2,1-4H3,(H,20,21). The maximum atomic E-state index is 12.3. The lowest BCUT2D eigenvalue weighted by Gasteiger charge is -2.13. The Labute approximate surface area is 141 Å². The molecule has 23 heavy (non-hydrogen) atoms. The Hall–Kier alpha value is -2.20. The van der Waals surface area contributed by atoms with Crippen LogP contribution in [-0.4, -0.2) is 20.1 Å². The molecule has 0 aliphatic heterocycles. The van der Waals surface area contributed by atoms with Gasteiger partial charge in [0.25, 0.3) is 0 Å². The van der Waals surface area contributed by atoms with Crippen LogP contribution in [0.15, 0.2) is 30.3 Å². The van der Waals surface area contributed by atoms with Crippen LogP contribution in [0.1, 0.15) is 16.7 Å². The minimum atomic E-state index is -0.0919. The molecule has 0 saturated heterocycles. The number of carbonyl (C=O) groups is 1. The van der Waals surface area contributed by atoms with Crippen molar-refractivity contribution in [2.45, 2.75) is 20.3 Å². The number of carbonyl (C=O) groups excluding carboxylic acids is 1. The first-order valence-corrected chi connectivity index (χ1v) is 7.60. The van der Waals surface area contributed by atoms with Gasteiger partial charge >= 0.3 is 0 Å². The summed E-state index contributed by atoms with van der Waals surface area (Å²) in [6, 6.07) is 9.08. The van der Waals surface area contributed by atoms with Crippen molar-refractivity contribution >= 4 is 23.2 Å². The number of hydrogen-bond donors (Lipinski definition) is 1. The molecule has 1 amide bonds. The molecule has 0 aromatic heterocycles. The zero-order chi connectivity index (χ0) is 17.0. The molecule has 0 aliphatic carbocycles. The molecule has 0 spiro atoms. The number of halogens is 1. The van der Waals surface area contributed by atoms with Gasteiger partial charge in [-0.3, -0.25) is 4.79 Å². The average molecular weight is 334 g/mol. The van der Waals surface area contributed by atoms with Gasteiger partial charge in [0, 0.05) is 10.7 Å². The molecule has 0 unspecified atom stereocenters. The van der Waals surface area contributed by atoms with Crippen LogP contribution in [0.25, 0.3) is 0 Å². The zero-order valence-electron chi connectivity index (χ0n) is 13.7. The number of ether oxygens (including phenoxy) is 2. The molecule has 0 heterocycles. The van der Waals surface area contributed by atoms with E-state index >= 15 is 0 Å². The van der Waals surface area contributed by atoms with Crippen LogP contribution < -0.4 is 14.8 Å². The second-order valence-electron chi connectivity index (χ2n) is 5.32. The van der Waals surface area contributed by atoms with Crippen LogP contribution in [0.5, 0.6) is 11.5 Å². The van der Waals surface area contributed by atoms with Crippen LogP contribution in [0.4, 0.5) is 5.69 Å². The SMILES string of the molecule is COc1cc(C)c(CC(=O)Nc2ccc(Cl)cc2C)cc1OC. The van der Waals surface area contributed by atoms with E-state index in [2.05, 4.69) is 5.32 Å². The van der Waals surface area contributed by atoms with E-state index in [1.165, 1.54) is 0 Å². The number of nitrogens with one attached hydrogen (secondary N) is 1. The van der Waals surface area contributed by atoms with Crippen molar-refractivity contribution in [1.29, 1.82) is 0 Å². The van der Waals surface area contributed by atoms with Gasteiger partial charge in [0.2, 0.25) is 5.91 Å². The van der Waals surface area contributed by atoms with Gasteiger partial charge in [-0.25, -0.2) is 0 Å². The molecule has 0 aliphatic rings. The first-order chi connectivity index (χ1) is 10.9. The molecule has 1 N–H and O–H groups in total. The number of methoxy groups -OCH3 is 2. The van der Waals surface area contributed by atoms with Crippen molar-refractivity contribution in [2.75, 3.05) is 19.5 Å². The van der Waals surface area contributed by atoms with Crippen molar-refractivity contribution < 1.29 is 14.3 Å². The van der Waals surface area contributed by atoms with Gasteiger partial charge in [0.15, 0.2) is 11.5 Å². The molecule has 0 atom stereocenters. The molecule has 2 rings (SSSR count).